The summed E-state index contributed by atoms with van der Waals surface area (Å²) >= 11 is 0. The van der Waals surface area contributed by atoms with Crippen molar-refractivity contribution in [3.8, 4) is 0 Å². The number of fused-ring (bicyclic) bond motifs is 6. The SMILES string of the molecule is CCc1oc2c3ccccc3c3ccccc3c2c1C=O. The van der Waals surface area contributed by atoms with E-state index in [4.69, 9.17) is 4.42 Å². The maximum Gasteiger partial charge on any atom is 0.154 e. The lowest BCUT2D eigenvalue weighted by Gasteiger charge is -2.05. The Morgan fingerprint density at radius 3 is 2.10 bits per heavy atom. The first-order valence-corrected chi connectivity index (χ1v) is 7.15. The van der Waals surface area contributed by atoms with Gasteiger partial charge in [-0.3, -0.25) is 4.79 Å². The van der Waals surface area contributed by atoms with Crippen molar-refractivity contribution in [3.05, 3.63) is 59.9 Å². The molecule has 0 spiro atoms. The molecule has 0 saturated heterocycles. The first-order valence-electron chi connectivity index (χ1n) is 7.15. The van der Waals surface area contributed by atoms with Crippen LogP contribution in [0.15, 0.2) is 52.9 Å². The second-order valence-electron chi connectivity index (χ2n) is 5.21. The van der Waals surface area contributed by atoms with Gasteiger partial charge in [0.15, 0.2) is 6.29 Å². The first kappa shape index (κ1) is 12.2. The van der Waals surface area contributed by atoms with E-state index in [1.165, 1.54) is 0 Å². The molecule has 2 heteroatoms. The zero-order chi connectivity index (χ0) is 14.4. The van der Waals surface area contributed by atoms with Crippen LogP contribution in [-0.2, 0) is 6.42 Å². The number of carbonyl (C=O) groups is 1. The van der Waals surface area contributed by atoms with Gasteiger partial charge in [0.2, 0.25) is 0 Å². The summed E-state index contributed by atoms with van der Waals surface area (Å²) in [6.45, 7) is 2.01. The van der Waals surface area contributed by atoms with Gasteiger partial charge in [-0.05, 0) is 16.2 Å². The number of rotatable bonds is 2. The van der Waals surface area contributed by atoms with Gasteiger partial charge in [-0.25, -0.2) is 0 Å². The molecule has 0 saturated carbocycles. The van der Waals surface area contributed by atoms with Crippen LogP contribution in [0.4, 0.5) is 0 Å². The number of hydrogen-bond acceptors (Lipinski definition) is 2. The number of carbonyl (C=O) groups excluding carboxylic acids is 1. The van der Waals surface area contributed by atoms with Gasteiger partial charge in [0.1, 0.15) is 11.3 Å². The molecule has 102 valence electrons. The lowest BCUT2D eigenvalue weighted by Crippen LogP contribution is -1.86. The van der Waals surface area contributed by atoms with Crippen LogP contribution in [0.1, 0.15) is 23.0 Å². The molecule has 0 aliphatic rings. The van der Waals surface area contributed by atoms with Crippen LogP contribution in [-0.4, -0.2) is 6.29 Å². The molecule has 0 unspecified atom stereocenters. The van der Waals surface area contributed by atoms with Crippen molar-refractivity contribution in [1.82, 2.24) is 0 Å². The third-order valence-electron chi connectivity index (χ3n) is 4.12. The summed E-state index contributed by atoms with van der Waals surface area (Å²) < 4.78 is 6.03. The Morgan fingerprint density at radius 2 is 1.48 bits per heavy atom. The van der Waals surface area contributed by atoms with E-state index in [1.54, 1.807) is 0 Å². The Hall–Kier alpha value is -2.61. The maximum atomic E-state index is 11.6. The lowest BCUT2D eigenvalue weighted by molar-refractivity contribution is 0.112. The molecule has 0 bridgehead atoms. The number of aryl methyl sites for hydroxylation is 1. The predicted octanol–water partition coefficient (Wildman–Crippen LogP) is 5.11. The van der Waals surface area contributed by atoms with Crippen molar-refractivity contribution < 1.29 is 9.21 Å². The number of aldehydes is 1. The zero-order valence-electron chi connectivity index (χ0n) is 11.7. The minimum absolute atomic E-state index is 0.689. The molecule has 0 fully saturated rings. The van der Waals surface area contributed by atoms with Crippen LogP contribution in [0.3, 0.4) is 0 Å². The van der Waals surface area contributed by atoms with Crippen LogP contribution in [0.5, 0.6) is 0 Å². The Morgan fingerprint density at radius 1 is 0.905 bits per heavy atom. The molecule has 4 rings (SSSR count). The largest absolute Gasteiger partial charge is 0.460 e. The van der Waals surface area contributed by atoms with Crippen molar-refractivity contribution in [1.29, 1.82) is 0 Å². The van der Waals surface area contributed by atoms with Crippen molar-refractivity contribution in [2.75, 3.05) is 0 Å². The maximum absolute atomic E-state index is 11.6. The van der Waals surface area contributed by atoms with Crippen LogP contribution in [0, 0.1) is 0 Å². The Bertz CT molecular complexity index is 993. The minimum atomic E-state index is 0.689. The van der Waals surface area contributed by atoms with E-state index >= 15 is 0 Å². The molecule has 2 nitrogen and oxygen atoms in total. The first-order chi connectivity index (χ1) is 10.3. The van der Waals surface area contributed by atoms with E-state index in [-0.39, 0.29) is 0 Å². The topological polar surface area (TPSA) is 30.2 Å². The third kappa shape index (κ3) is 1.56. The molecular weight excluding hydrogens is 260 g/mol. The molecule has 0 aliphatic heterocycles. The average Bonchev–Trinajstić information content (AvgIpc) is 2.94. The van der Waals surface area contributed by atoms with Crippen LogP contribution < -0.4 is 0 Å². The number of hydrogen-bond donors (Lipinski definition) is 0. The minimum Gasteiger partial charge on any atom is -0.460 e. The van der Waals surface area contributed by atoms with E-state index in [1.807, 2.05) is 31.2 Å². The second kappa shape index (κ2) is 4.45. The fourth-order valence-electron chi connectivity index (χ4n) is 3.19. The fourth-order valence-corrected chi connectivity index (χ4v) is 3.19. The highest BCUT2D eigenvalue weighted by molar-refractivity contribution is 6.26. The summed E-state index contributed by atoms with van der Waals surface area (Å²) in [4.78, 5) is 11.6. The van der Waals surface area contributed by atoms with E-state index in [0.29, 0.717) is 12.0 Å². The van der Waals surface area contributed by atoms with Crippen molar-refractivity contribution in [3.63, 3.8) is 0 Å². The lowest BCUT2D eigenvalue weighted by atomic mass is 9.96. The van der Waals surface area contributed by atoms with Crippen molar-refractivity contribution >= 4 is 38.8 Å². The van der Waals surface area contributed by atoms with E-state index < -0.39 is 0 Å². The predicted molar refractivity (Wildman–Crippen MR) is 86.0 cm³/mol. The quantitative estimate of drug-likeness (QED) is 0.375. The molecule has 0 atom stereocenters. The van der Waals surface area contributed by atoms with Crippen LogP contribution >= 0.6 is 0 Å². The monoisotopic (exact) mass is 274 g/mol. The van der Waals surface area contributed by atoms with Gasteiger partial charge in [0.05, 0.1) is 5.56 Å². The molecule has 1 heterocycles. The summed E-state index contributed by atoms with van der Waals surface area (Å²) in [7, 11) is 0. The smallest absolute Gasteiger partial charge is 0.154 e. The highest BCUT2D eigenvalue weighted by atomic mass is 16.3. The second-order valence-corrected chi connectivity index (χ2v) is 5.21. The van der Waals surface area contributed by atoms with E-state index in [9.17, 15) is 4.79 Å². The van der Waals surface area contributed by atoms with Crippen molar-refractivity contribution in [2.45, 2.75) is 13.3 Å². The molecule has 21 heavy (non-hydrogen) atoms. The molecule has 1 aromatic heterocycles. The Labute approximate surface area is 122 Å². The standard InChI is InChI=1S/C19H14O2/c1-2-17-16(11-20)18-14-9-5-3-7-12(14)13-8-4-6-10-15(13)19(18)21-17/h3-11H,2H2,1H3. The highest BCUT2D eigenvalue weighted by Crippen LogP contribution is 2.38. The summed E-state index contributed by atoms with van der Waals surface area (Å²) in [5, 5.41) is 5.41. The van der Waals surface area contributed by atoms with E-state index in [2.05, 4.69) is 24.3 Å². The van der Waals surface area contributed by atoms with E-state index in [0.717, 1.165) is 44.6 Å². The molecule has 4 aromatic rings. The zero-order valence-corrected chi connectivity index (χ0v) is 11.7. The van der Waals surface area contributed by atoms with Gasteiger partial charge in [0.25, 0.3) is 0 Å². The molecular formula is C19H14O2. The third-order valence-corrected chi connectivity index (χ3v) is 4.12. The number of furan rings is 1. The summed E-state index contributed by atoms with van der Waals surface area (Å²) in [5.74, 6) is 0.765. The van der Waals surface area contributed by atoms with Crippen LogP contribution in [0.25, 0.3) is 32.5 Å². The summed E-state index contributed by atoms with van der Waals surface area (Å²) in [6.07, 6.45) is 1.64. The van der Waals surface area contributed by atoms with Gasteiger partial charge in [0, 0.05) is 17.2 Å². The van der Waals surface area contributed by atoms with Crippen LogP contribution in [0.2, 0.25) is 0 Å². The highest BCUT2D eigenvalue weighted by Gasteiger charge is 2.18. The van der Waals surface area contributed by atoms with Gasteiger partial charge in [-0.2, -0.15) is 0 Å². The summed E-state index contributed by atoms with van der Waals surface area (Å²) in [5.41, 5.74) is 1.51. The van der Waals surface area contributed by atoms with Gasteiger partial charge < -0.3 is 4.42 Å². The normalized spacial score (nSPS) is 11.5. The van der Waals surface area contributed by atoms with Gasteiger partial charge >= 0.3 is 0 Å². The number of benzene rings is 3. The Kier molecular flexibility index (Phi) is 2.58. The van der Waals surface area contributed by atoms with Crippen molar-refractivity contribution in [2.24, 2.45) is 0 Å². The average molecular weight is 274 g/mol. The summed E-state index contributed by atoms with van der Waals surface area (Å²) in [6, 6.07) is 16.4. The van der Waals surface area contributed by atoms with Gasteiger partial charge in [-0.15, -0.1) is 0 Å². The molecule has 0 radical (unpaired) electrons. The molecule has 0 amide bonds. The fraction of sp³-hybridized carbons (Fsp3) is 0.105. The molecule has 3 aromatic carbocycles. The molecule has 0 aliphatic carbocycles. The Balaban J connectivity index is 2.41. The van der Waals surface area contributed by atoms with Gasteiger partial charge in [-0.1, -0.05) is 55.5 Å². The molecule has 0 N–H and O–H groups in total.